The molecule has 1 N–H and O–H groups in total. The first-order chi connectivity index (χ1) is 7.96. The van der Waals surface area contributed by atoms with Gasteiger partial charge in [0.25, 0.3) is 0 Å². The molecule has 0 unspecified atom stereocenters. The van der Waals surface area contributed by atoms with E-state index in [0.29, 0.717) is 12.2 Å². The molecule has 0 bridgehead atoms. The van der Waals surface area contributed by atoms with Crippen LogP contribution in [-0.2, 0) is 6.54 Å². The van der Waals surface area contributed by atoms with Crippen LogP contribution in [0, 0.1) is 0 Å². The molecule has 4 nitrogen and oxygen atoms in total. The number of anilines is 1. The third-order valence-corrected chi connectivity index (χ3v) is 2.13. The van der Waals surface area contributed by atoms with Gasteiger partial charge >= 0.3 is 6.18 Å². The minimum absolute atomic E-state index is 0.236. The van der Waals surface area contributed by atoms with Crippen LogP contribution in [0.2, 0.25) is 0 Å². The molecule has 0 saturated carbocycles. The van der Waals surface area contributed by atoms with Gasteiger partial charge in [-0.15, -0.1) is 0 Å². The highest BCUT2D eigenvalue weighted by molar-refractivity contribution is 5.35. The maximum Gasteiger partial charge on any atom is 0.405 e. The Hall–Kier alpha value is -1.37. The van der Waals surface area contributed by atoms with Gasteiger partial charge in [-0.1, -0.05) is 0 Å². The molecular formula is C10H15F3N4. The summed E-state index contributed by atoms with van der Waals surface area (Å²) in [6, 6.07) is 0. The molecule has 0 aliphatic rings. The van der Waals surface area contributed by atoms with Crippen LogP contribution in [0.3, 0.4) is 0 Å². The predicted molar refractivity (Wildman–Crippen MR) is 58.7 cm³/mol. The summed E-state index contributed by atoms with van der Waals surface area (Å²) < 4.78 is 36.8. The molecule has 0 aromatic carbocycles. The smallest absolute Gasteiger partial charge is 0.347 e. The Labute approximate surface area is 97.9 Å². The van der Waals surface area contributed by atoms with Gasteiger partial charge in [0.2, 0.25) is 0 Å². The fourth-order valence-electron chi connectivity index (χ4n) is 1.35. The van der Waals surface area contributed by atoms with Crippen molar-refractivity contribution in [1.29, 1.82) is 0 Å². The van der Waals surface area contributed by atoms with E-state index in [1.807, 2.05) is 0 Å². The second kappa shape index (κ2) is 5.81. The lowest BCUT2D eigenvalue weighted by atomic mass is 10.4. The maximum atomic E-state index is 12.3. The highest BCUT2D eigenvalue weighted by atomic mass is 19.4. The van der Waals surface area contributed by atoms with Gasteiger partial charge in [-0.05, 0) is 14.0 Å². The first-order valence-corrected chi connectivity index (χ1v) is 5.23. The molecule has 1 heterocycles. The minimum Gasteiger partial charge on any atom is -0.347 e. The lowest BCUT2D eigenvalue weighted by Gasteiger charge is -2.22. The fourth-order valence-corrected chi connectivity index (χ4v) is 1.35. The Kier molecular flexibility index (Phi) is 4.68. The van der Waals surface area contributed by atoms with E-state index in [0.717, 1.165) is 4.90 Å². The summed E-state index contributed by atoms with van der Waals surface area (Å²) in [4.78, 5) is 9.14. The highest BCUT2D eigenvalue weighted by Crippen LogP contribution is 2.19. The first kappa shape index (κ1) is 13.7. The normalized spacial score (nSPS) is 11.6. The molecule has 0 fully saturated rings. The van der Waals surface area contributed by atoms with Crippen LogP contribution in [0.15, 0.2) is 12.4 Å². The lowest BCUT2D eigenvalue weighted by molar-refractivity contribution is -0.119. The number of alkyl halides is 3. The summed E-state index contributed by atoms with van der Waals surface area (Å²) in [6.45, 7) is 1.41. The van der Waals surface area contributed by atoms with Crippen LogP contribution in [0.25, 0.3) is 0 Å². The van der Waals surface area contributed by atoms with Crippen LogP contribution in [-0.4, -0.2) is 36.3 Å². The Morgan fingerprint density at radius 1 is 1.29 bits per heavy atom. The molecule has 7 heteroatoms. The second-order valence-corrected chi connectivity index (χ2v) is 3.53. The molecule has 96 valence electrons. The molecule has 0 aliphatic heterocycles. The highest BCUT2D eigenvalue weighted by Gasteiger charge is 2.30. The standard InChI is InChI=1S/C10H15F3N4/c1-3-17(7-10(11,12)13)9-6-15-8(4-14-2)5-16-9/h5-6,14H,3-4,7H2,1-2H3. The van der Waals surface area contributed by atoms with Crippen LogP contribution in [0.5, 0.6) is 0 Å². The SMILES string of the molecule is CCN(CC(F)(F)F)c1cnc(CNC)cn1. The summed E-state index contributed by atoms with van der Waals surface area (Å²) in [7, 11) is 1.76. The van der Waals surface area contributed by atoms with E-state index in [9.17, 15) is 13.2 Å². The Bertz CT molecular complexity index is 336. The van der Waals surface area contributed by atoms with Crippen molar-refractivity contribution in [2.45, 2.75) is 19.6 Å². The fraction of sp³-hybridized carbons (Fsp3) is 0.600. The molecule has 0 spiro atoms. The third kappa shape index (κ3) is 4.56. The van der Waals surface area contributed by atoms with Crippen molar-refractivity contribution >= 4 is 5.82 Å². The van der Waals surface area contributed by atoms with E-state index in [4.69, 9.17) is 0 Å². The first-order valence-electron chi connectivity index (χ1n) is 5.23. The van der Waals surface area contributed by atoms with Crippen molar-refractivity contribution in [3.8, 4) is 0 Å². The number of aromatic nitrogens is 2. The number of nitrogens with one attached hydrogen (secondary N) is 1. The van der Waals surface area contributed by atoms with Crippen LogP contribution in [0.1, 0.15) is 12.6 Å². The average molecular weight is 248 g/mol. The largest absolute Gasteiger partial charge is 0.405 e. The molecule has 1 aromatic heterocycles. The molecule has 0 saturated heterocycles. The number of hydrogen-bond acceptors (Lipinski definition) is 4. The lowest BCUT2D eigenvalue weighted by Crippen LogP contribution is -2.34. The molecule has 0 amide bonds. The monoisotopic (exact) mass is 248 g/mol. The van der Waals surface area contributed by atoms with E-state index < -0.39 is 12.7 Å². The van der Waals surface area contributed by atoms with Gasteiger partial charge < -0.3 is 10.2 Å². The predicted octanol–water partition coefficient (Wildman–Crippen LogP) is 1.58. The van der Waals surface area contributed by atoms with Crippen molar-refractivity contribution in [3.05, 3.63) is 18.1 Å². The summed E-state index contributed by atoms with van der Waals surface area (Å²) in [6.07, 6.45) is -1.39. The van der Waals surface area contributed by atoms with Gasteiger partial charge in [-0.2, -0.15) is 13.2 Å². The van der Waals surface area contributed by atoms with Crippen molar-refractivity contribution in [2.24, 2.45) is 0 Å². The van der Waals surface area contributed by atoms with Gasteiger partial charge in [0, 0.05) is 13.1 Å². The number of hydrogen-bond donors (Lipinski definition) is 1. The van der Waals surface area contributed by atoms with Crippen LogP contribution in [0.4, 0.5) is 19.0 Å². The molecule has 0 radical (unpaired) electrons. The van der Waals surface area contributed by atoms with Crippen molar-refractivity contribution in [2.75, 3.05) is 25.0 Å². The van der Waals surface area contributed by atoms with E-state index in [1.54, 1.807) is 14.0 Å². The number of halogens is 3. The zero-order valence-electron chi connectivity index (χ0n) is 9.75. The molecule has 1 aromatic rings. The topological polar surface area (TPSA) is 41.1 Å². The Morgan fingerprint density at radius 3 is 2.41 bits per heavy atom. The summed E-state index contributed by atoms with van der Waals surface area (Å²) >= 11 is 0. The van der Waals surface area contributed by atoms with Gasteiger partial charge in [0.1, 0.15) is 12.4 Å². The van der Waals surface area contributed by atoms with Gasteiger partial charge in [-0.3, -0.25) is 4.98 Å². The third-order valence-electron chi connectivity index (χ3n) is 2.13. The van der Waals surface area contributed by atoms with E-state index in [-0.39, 0.29) is 12.4 Å². The van der Waals surface area contributed by atoms with E-state index in [1.165, 1.54) is 12.4 Å². The zero-order valence-corrected chi connectivity index (χ0v) is 9.75. The molecular weight excluding hydrogens is 233 g/mol. The Morgan fingerprint density at radius 2 is 2.00 bits per heavy atom. The van der Waals surface area contributed by atoms with Gasteiger partial charge in [0.15, 0.2) is 0 Å². The van der Waals surface area contributed by atoms with Crippen LogP contribution >= 0.6 is 0 Å². The van der Waals surface area contributed by atoms with E-state index >= 15 is 0 Å². The number of rotatable bonds is 5. The van der Waals surface area contributed by atoms with Crippen molar-refractivity contribution in [3.63, 3.8) is 0 Å². The zero-order chi connectivity index (χ0) is 12.9. The quantitative estimate of drug-likeness (QED) is 0.859. The Balaban J connectivity index is 2.75. The van der Waals surface area contributed by atoms with Gasteiger partial charge in [-0.25, -0.2) is 4.98 Å². The second-order valence-electron chi connectivity index (χ2n) is 3.53. The number of nitrogens with zero attached hydrogens (tertiary/aromatic N) is 3. The van der Waals surface area contributed by atoms with Crippen molar-refractivity contribution < 1.29 is 13.2 Å². The minimum atomic E-state index is -4.23. The average Bonchev–Trinajstić information content (AvgIpc) is 2.26. The molecule has 0 aliphatic carbocycles. The molecule has 17 heavy (non-hydrogen) atoms. The molecule has 1 rings (SSSR count). The summed E-state index contributed by atoms with van der Waals surface area (Å²) in [5, 5.41) is 2.89. The summed E-state index contributed by atoms with van der Waals surface area (Å²) in [5.74, 6) is 0.240. The maximum absolute atomic E-state index is 12.3. The van der Waals surface area contributed by atoms with Crippen LogP contribution < -0.4 is 10.2 Å². The molecule has 0 atom stereocenters. The summed E-state index contributed by atoms with van der Waals surface area (Å²) in [5.41, 5.74) is 0.694. The van der Waals surface area contributed by atoms with E-state index in [2.05, 4.69) is 15.3 Å². The van der Waals surface area contributed by atoms with Crippen molar-refractivity contribution in [1.82, 2.24) is 15.3 Å². The van der Waals surface area contributed by atoms with Gasteiger partial charge in [0.05, 0.1) is 18.1 Å².